The van der Waals surface area contributed by atoms with Crippen LogP contribution in [0.3, 0.4) is 0 Å². The summed E-state index contributed by atoms with van der Waals surface area (Å²) >= 11 is 4.54. The maximum absolute atomic E-state index is 13.0. The lowest BCUT2D eigenvalue weighted by Crippen LogP contribution is -2.46. The number of hydrogen-bond donors (Lipinski definition) is 1. The van der Waals surface area contributed by atoms with E-state index in [0.717, 1.165) is 21.0 Å². The lowest BCUT2D eigenvalue weighted by atomic mass is 10.2. The third kappa shape index (κ3) is 6.73. The Balaban J connectivity index is 1.84. The number of halogens is 1. The summed E-state index contributed by atoms with van der Waals surface area (Å²) in [5.74, 6) is -2.90. The number of methoxy groups -OCH3 is 1. The molecule has 3 aromatic rings. The van der Waals surface area contributed by atoms with Crippen molar-refractivity contribution in [1.29, 1.82) is 0 Å². The highest BCUT2D eigenvalue weighted by Crippen LogP contribution is 2.20. The van der Waals surface area contributed by atoms with Crippen LogP contribution in [0.25, 0.3) is 0 Å². The van der Waals surface area contributed by atoms with Gasteiger partial charge in [-0.3, -0.25) is 23.7 Å². The molecular formula is C24H22BrN3O7S. The highest BCUT2D eigenvalue weighted by Gasteiger charge is 2.25. The average Bonchev–Trinajstić information content (AvgIpc) is 2.88. The van der Waals surface area contributed by atoms with Gasteiger partial charge in [-0.05, 0) is 29.8 Å². The smallest absolute Gasteiger partial charge is 0.333 e. The maximum atomic E-state index is 13.0. The van der Waals surface area contributed by atoms with Crippen LogP contribution in [0, 0.1) is 0 Å². The number of carbonyl (C=O) groups is 3. The Bertz CT molecular complexity index is 1390. The lowest BCUT2D eigenvalue weighted by Gasteiger charge is -2.16. The molecule has 2 N–H and O–H groups in total. The summed E-state index contributed by atoms with van der Waals surface area (Å²) in [7, 11) is 1.10. The van der Waals surface area contributed by atoms with Gasteiger partial charge in [-0.15, -0.1) is 11.8 Å². The molecule has 0 atom stereocenters. The van der Waals surface area contributed by atoms with Gasteiger partial charge >= 0.3 is 17.6 Å². The molecule has 0 fully saturated rings. The molecule has 2 aromatic carbocycles. The van der Waals surface area contributed by atoms with E-state index in [0.29, 0.717) is 10.1 Å². The number of nitrogens with two attached hydrogens (primary N) is 1. The number of ketones is 1. The van der Waals surface area contributed by atoms with E-state index in [1.54, 1.807) is 30.3 Å². The van der Waals surface area contributed by atoms with E-state index in [4.69, 9.17) is 10.5 Å². The molecule has 10 nitrogen and oxygen atoms in total. The minimum atomic E-state index is -1.07. The molecule has 0 bridgehead atoms. The number of nitrogen functional groups attached to an aromatic ring is 1. The minimum Gasteiger partial charge on any atom is -0.468 e. The number of rotatable bonds is 10. The van der Waals surface area contributed by atoms with Crippen molar-refractivity contribution in [3.8, 4) is 0 Å². The van der Waals surface area contributed by atoms with E-state index >= 15 is 0 Å². The van der Waals surface area contributed by atoms with E-state index in [1.165, 1.54) is 11.8 Å². The van der Waals surface area contributed by atoms with Gasteiger partial charge in [0, 0.05) is 9.37 Å². The van der Waals surface area contributed by atoms with Gasteiger partial charge in [0.25, 0.3) is 5.56 Å². The lowest BCUT2D eigenvalue weighted by molar-refractivity contribution is -0.141. The summed E-state index contributed by atoms with van der Waals surface area (Å²) in [6.07, 6.45) is 0. The van der Waals surface area contributed by atoms with Gasteiger partial charge in [-0.25, -0.2) is 9.36 Å². The topological polar surface area (TPSA) is 140 Å². The molecule has 1 aromatic heterocycles. The van der Waals surface area contributed by atoms with E-state index in [2.05, 4.69) is 20.7 Å². The van der Waals surface area contributed by atoms with Crippen molar-refractivity contribution in [2.75, 3.05) is 25.2 Å². The Morgan fingerprint density at radius 3 is 2.28 bits per heavy atom. The number of aromatic nitrogens is 2. The van der Waals surface area contributed by atoms with Gasteiger partial charge in [0.15, 0.2) is 6.61 Å². The predicted molar refractivity (Wildman–Crippen MR) is 137 cm³/mol. The van der Waals surface area contributed by atoms with Crippen molar-refractivity contribution in [1.82, 2.24) is 9.13 Å². The van der Waals surface area contributed by atoms with Crippen molar-refractivity contribution in [2.45, 2.75) is 18.0 Å². The summed E-state index contributed by atoms with van der Waals surface area (Å²) in [4.78, 5) is 63.7. The monoisotopic (exact) mass is 575 g/mol. The molecule has 0 saturated carbocycles. The highest BCUT2D eigenvalue weighted by molar-refractivity contribution is 9.10. The van der Waals surface area contributed by atoms with Gasteiger partial charge in [0.2, 0.25) is 5.78 Å². The molecule has 0 aliphatic heterocycles. The molecule has 0 saturated heterocycles. The first kappa shape index (κ1) is 27.0. The molecule has 0 spiro atoms. The number of benzene rings is 2. The fourth-order valence-corrected chi connectivity index (χ4v) is 4.12. The molecule has 0 amide bonds. The van der Waals surface area contributed by atoms with Crippen LogP contribution in [-0.2, 0) is 32.2 Å². The zero-order valence-electron chi connectivity index (χ0n) is 19.1. The zero-order chi connectivity index (χ0) is 26.2. The fraction of sp³-hybridized carbons (Fsp3) is 0.208. The van der Waals surface area contributed by atoms with Crippen LogP contribution in [0.5, 0.6) is 0 Å². The van der Waals surface area contributed by atoms with Crippen LogP contribution >= 0.6 is 27.7 Å². The first-order valence-electron chi connectivity index (χ1n) is 10.5. The first-order valence-corrected chi connectivity index (χ1v) is 12.3. The average molecular weight is 576 g/mol. The molecule has 188 valence electrons. The summed E-state index contributed by atoms with van der Waals surface area (Å²) in [6.45, 7) is -1.54. The van der Waals surface area contributed by atoms with Crippen LogP contribution in [0.4, 0.5) is 5.82 Å². The van der Waals surface area contributed by atoms with Gasteiger partial charge in [-0.2, -0.15) is 0 Å². The molecule has 0 unspecified atom stereocenters. The quantitative estimate of drug-likeness (QED) is 0.218. The second-order valence-electron chi connectivity index (χ2n) is 7.41. The molecular weight excluding hydrogens is 554 g/mol. The maximum Gasteiger partial charge on any atom is 0.333 e. The summed E-state index contributed by atoms with van der Waals surface area (Å²) < 4.78 is 12.1. The van der Waals surface area contributed by atoms with Crippen LogP contribution in [-0.4, -0.2) is 46.3 Å². The minimum absolute atomic E-state index is 0.0587. The number of hydrogen-bond acceptors (Lipinski definition) is 9. The van der Waals surface area contributed by atoms with Crippen molar-refractivity contribution in [2.24, 2.45) is 0 Å². The Morgan fingerprint density at radius 2 is 1.64 bits per heavy atom. The van der Waals surface area contributed by atoms with E-state index in [1.807, 2.05) is 24.3 Å². The van der Waals surface area contributed by atoms with Crippen molar-refractivity contribution in [3.05, 3.63) is 91.0 Å². The Morgan fingerprint density at radius 1 is 0.972 bits per heavy atom. The van der Waals surface area contributed by atoms with Gasteiger partial charge in [-0.1, -0.05) is 46.3 Å². The summed E-state index contributed by atoms with van der Waals surface area (Å²) in [5, 5.41) is 0. The Kier molecular flexibility index (Phi) is 9.25. The fourth-order valence-electron chi connectivity index (χ4n) is 3.16. The SMILES string of the molecule is COC(=O)Cn1c(=O)c(C(=O)COC(=O)CSc2ccc(Br)cc2)c(N)n(Cc2ccccc2)c1=O. The number of nitrogens with zero attached hydrogens (tertiary/aromatic N) is 2. The van der Waals surface area contributed by atoms with Crippen molar-refractivity contribution in [3.63, 3.8) is 0 Å². The largest absolute Gasteiger partial charge is 0.468 e. The van der Waals surface area contributed by atoms with E-state index in [9.17, 15) is 24.0 Å². The number of esters is 2. The molecule has 1 heterocycles. The number of thioether (sulfide) groups is 1. The van der Waals surface area contributed by atoms with Crippen molar-refractivity contribution < 1.29 is 23.9 Å². The third-order valence-electron chi connectivity index (χ3n) is 4.98. The standard InChI is InChI=1S/C24H22BrN3O7S/c1-34-19(30)12-28-23(32)21(22(26)27(24(28)33)11-15-5-3-2-4-6-15)18(29)13-35-20(31)14-36-17-9-7-16(25)8-10-17/h2-10H,11-14,26H2,1H3. The molecule has 12 heteroatoms. The Labute approximate surface area is 218 Å². The number of Topliss-reactive ketones (excluding diaryl/α,β-unsaturated/α-hetero) is 1. The van der Waals surface area contributed by atoms with Crippen LogP contribution in [0.1, 0.15) is 15.9 Å². The normalized spacial score (nSPS) is 10.6. The van der Waals surface area contributed by atoms with Gasteiger partial charge in [0.05, 0.1) is 19.4 Å². The molecule has 0 aliphatic carbocycles. The van der Waals surface area contributed by atoms with E-state index in [-0.39, 0.29) is 18.1 Å². The second kappa shape index (κ2) is 12.4. The zero-order valence-corrected chi connectivity index (χ0v) is 21.5. The van der Waals surface area contributed by atoms with Crippen LogP contribution in [0.15, 0.2) is 73.6 Å². The highest BCUT2D eigenvalue weighted by atomic mass is 79.9. The van der Waals surface area contributed by atoms with E-state index < -0.39 is 47.7 Å². The first-order chi connectivity index (χ1) is 17.2. The molecule has 3 rings (SSSR count). The molecule has 36 heavy (non-hydrogen) atoms. The van der Waals surface area contributed by atoms with Crippen molar-refractivity contribution >= 4 is 51.2 Å². The predicted octanol–water partition coefficient (Wildman–Crippen LogP) is 2.09. The Hall–Kier alpha value is -3.64. The summed E-state index contributed by atoms with van der Waals surface area (Å²) in [6, 6.07) is 16.0. The number of anilines is 1. The van der Waals surface area contributed by atoms with Gasteiger partial charge < -0.3 is 15.2 Å². The molecule has 0 radical (unpaired) electrons. The second-order valence-corrected chi connectivity index (χ2v) is 9.37. The number of carbonyl (C=O) groups excluding carboxylic acids is 3. The summed E-state index contributed by atoms with van der Waals surface area (Å²) in [5.41, 5.74) is 4.25. The number of ether oxygens (including phenoxy) is 2. The van der Waals surface area contributed by atoms with Crippen LogP contribution < -0.4 is 17.0 Å². The van der Waals surface area contributed by atoms with Gasteiger partial charge in [0.1, 0.15) is 17.9 Å². The molecule has 0 aliphatic rings. The third-order valence-corrected chi connectivity index (χ3v) is 6.49. The van der Waals surface area contributed by atoms with Crippen LogP contribution in [0.2, 0.25) is 0 Å².